The maximum atomic E-state index is 13.4. The minimum Gasteiger partial charge on any atom is -0.459 e. The van der Waals surface area contributed by atoms with Crippen LogP contribution in [0.1, 0.15) is 5.56 Å². The van der Waals surface area contributed by atoms with Crippen molar-refractivity contribution in [2.45, 2.75) is 13.2 Å². The molecule has 2 rings (SSSR count). The van der Waals surface area contributed by atoms with Gasteiger partial charge in [-0.15, -0.1) is 5.10 Å². The van der Waals surface area contributed by atoms with E-state index in [0.717, 1.165) is 0 Å². The molecule has 19 heavy (non-hydrogen) atoms. The Hall–Kier alpha value is -2.15. The largest absolute Gasteiger partial charge is 0.459 e. The van der Waals surface area contributed by atoms with E-state index in [2.05, 4.69) is 10.1 Å². The van der Waals surface area contributed by atoms with E-state index >= 15 is 0 Å². The molecule has 0 unspecified atom stereocenters. The van der Waals surface area contributed by atoms with Crippen LogP contribution in [0.2, 0.25) is 5.02 Å². The Bertz CT molecular complexity index is 602. The number of hydrogen-bond donors (Lipinski definition) is 1. The number of anilines is 1. The molecule has 8 heteroatoms. The van der Waals surface area contributed by atoms with Crippen molar-refractivity contribution in [3.8, 4) is 0 Å². The molecule has 0 aliphatic heterocycles. The minimum absolute atomic E-state index is 0.0636. The standard InChI is InChI=1S/C11H10ClFN4O2/c12-8-1-2-9(13)7(3-8)5-19-10(18)4-17-6-15-11(14)16-17/h1-3,6H,4-5H2,(H2,14,16). The molecular formula is C11H10ClFN4O2. The molecule has 6 nitrogen and oxygen atoms in total. The first-order valence-electron chi connectivity index (χ1n) is 5.29. The number of nitrogen functional groups attached to an aromatic ring is 1. The quantitative estimate of drug-likeness (QED) is 0.858. The Kier molecular flexibility index (Phi) is 3.96. The summed E-state index contributed by atoms with van der Waals surface area (Å²) in [5.41, 5.74) is 5.50. The molecule has 0 radical (unpaired) electrons. The predicted molar refractivity (Wildman–Crippen MR) is 65.6 cm³/mol. The van der Waals surface area contributed by atoms with Crippen LogP contribution in [0, 0.1) is 5.82 Å². The Balaban J connectivity index is 1.91. The molecule has 100 valence electrons. The Labute approximate surface area is 112 Å². The van der Waals surface area contributed by atoms with Gasteiger partial charge in [0.15, 0.2) is 0 Å². The van der Waals surface area contributed by atoms with Gasteiger partial charge in [0.25, 0.3) is 0 Å². The number of hydrogen-bond acceptors (Lipinski definition) is 5. The normalized spacial score (nSPS) is 10.4. The van der Waals surface area contributed by atoms with Crippen LogP contribution < -0.4 is 5.73 Å². The van der Waals surface area contributed by atoms with Gasteiger partial charge < -0.3 is 10.5 Å². The van der Waals surface area contributed by atoms with Crippen LogP contribution in [0.25, 0.3) is 0 Å². The SMILES string of the molecule is Nc1ncn(CC(=O)OCc2cc(Cl)ccc2F)n1. The molecule has 2 aromatic rings. The number of nitrogens with two attached hydrogens (primary N) is 1. The molecule has 0 aliphatic carbocycles. The smallest absolute Gasteiger partial charge is 0.328 e. The molecule has 1 heterocycles. The third-order valence-electron chi connectivity index (χ3n) is 2.24. The summed E-state index contributed by atoms with van der Waals surface area (Å²) >= 11 is 5.72. The van der Waals surface area contributed by atoms with Crippen LogP contribution in [0.15, 0.2) is 24.5 Å². The van der Waals surface area contributed by atoms with E-state index in [1.807, 2.05) is 0 Å². The van der Waals surface area contributed by atoms with Crippen molar-refractivity contribution >= 4 is 23.5 Å². The second kappa shape index (κ2) is 5.66. The molecule has 0 saturated carbocycles. The van der Waals surface area contributed by atoms with Crippen molar-refractivity contribution < 1.29 is 13.9 Å². The highest BCUT2D eigenvalue weighted by Crippen LogP contribution is 2.15. The lowest BCUT2D eigenvalue weighted by molar-refractivity contribution is -0.145. The summed E-state index contributed by atoms with van der Waals surface area (Å²) in [6.07, 6.45) is 1.30. The van der Waals surface area contributed by atoms with Crippen LogP contribution >= 0.6 is 11.6 Å². The van der Waals surface area contributed by atoms with E-state index in [9.17, 15) is 9.18 Å². The van der Waals surface area contributed by atoms with Gasteiger partial charge in [-0.25, -0.2) is 14.1 Å². The molecule has 2 N–H and O–H groups in total. The Morgan fingerprint density at radius 1 is 1.53 bits per heavy atom. The molecule has 0 spiro atoms. The number of ether oxygens (including phenoxy) is 1. The van der Waals surface area contributed by atoms with Gasteiger partial charge in [0.05, 0.1) is 0 Å². The highest BCUT2D eigenvalue weighted by Gasteiger charge is 2.09. The maximum absolute atomic E-state index is 13.4. The van der Waals surface area contributed by atoms with Crippen LogP contribution in [-0.4, -0.2) is 20.7 Å². The van der Waals surface area contributed by atoms with Crippen LogP contribution in [0.5, 0.6) is 0 Å². The Morgan fingerprint density at radius 2 is 2.32 bits per heavy atom. The van der Waals surface area contributed by atoms with E-state index in [1.54, 1.807) is 0 Å². The van der Waals surface area contributed by atoms with Crippen molar-refractivity contribution in [1.82, 2.24) is 14.8 Å². The molecule has 0 fully saturated rings. The fraction of sp³-hybridized carbons (Fsp3) is 0.182. The van der Waals surface area contributed by atoms with Crippen LogP contribution in [0.4, 0.5) is 10.3 Å². The van der Waals surface area contributed by atoms with Crippen molar-refractivity contribution in [3.05, 3.63) is 40.9 Å². The van der Waals surface area contributed by atoms with Crippen molar-refractivity contribution in [1.29, 1.82) is 0 Å². The zero-order valence-corrected chi connectivity index (χ0v) is 10.5. The second-order valence-corrected chi connectivity index (χ2v) is 4.13. The summed E-state index contributed by atoms with van der Waals surface area (Å²) in [6, 6.07) is 4.03. The average Bonchev–Trinajstić information content (AvgIpc) is 2.76. The number of benzene rings is 1. The summed E-state index contributed by atoms with van der Waals surface area (Å²) in [4.78, 5) is 15.1. The maximum Gasteiger partial charge on any atom is 0.328 e. The van der Waals surface area contributed by atoms with Gasteiger partial charge in [0.1, 0.15) is 25.3 Å². The Morgan fingerprint density at radius 3 is 3.00 bits per heavy atom. The fourth-order valence-corrected chi connectivity index (χ4v) is 1.57. The fourth-order valence-electron chi connectivity index (χ4n) is 1.38. The first-order chi connectivity index (χ1) is 9.04. The number of rotatable bonds is 4. The first kappa shape index (κ1) is 13.3. The summed E-state index contributed by atoms with van der Waals surface area (Å²) < 4.78 is 19.5. The predicted octanol–water partition coefficient (Wildman–Crippen LogP) is 1.40. The lowest BCUT2D eigenvalue weighted by atomic mass is 10.2. The molecule has 1 aromatic carbocycles. The molecule has 0 saturated heterocycles. The molecule has 0 amide bonds. The van der Waals surface area contributed by atoms with Gasteiger partial charge in [0, 0.05) is 10.6 Å². The molecule has 0 atom stereocenters. The van der Waals surface area contributed by atoms with Gasteiger partial charge in [-0.3, -0.25) is 4.79 Å². The third-order valence-corrected chi connectivity index (χ3v) is 2.48. The summed E-state index contributed by atoms with van der Waals surface area (Å²) in [6.45, 7) is -0.345. The highest BCUT2D eigenvalue weighted by molar-refractivity contribution is 6.30. The van der Waals surface area contributed by atoms with Gasteiger partial charge in [-0.1, -0.05) is 11.6 Å². The number of nitrogens with zero attached hydrogens (tertiary/aromatic N) is 3. The monoisotopic (exact) mass is 284 g/mol. The summed E-state index contributed by atoms with van der Waals surface area (Å²) in [5, 5.41) is 4.10. The topological polar surface area (TPSA) is 83.0 Å². The van der Waals surface area contributed by atoms with E-state index in [0.29, 0.717) is 5.02 Å². The number of halogens is 2. The highest BCUT2D eigenvalue weighted by atomic mass is 35.5. The second-order valence-electron chi connectivity index (χ2n) is 3.70. The summed E-state index contributed by atoms with van der Waals surface area (Å²) in [7, 11) is 0. The number of carbonyl (C=O) groups is 1. The zero-order valence-electron chi connectivity index (χ0n) is 9.72. The molecule has 0 bridgehead atoms. The van der Waals surface area contributed by atoms with Crippen LogP contribution in [-0.2, 0) is 22.7 Å². The third kappa shape index (κ3) is 3.65. The van der Waals surface area contributed by atoms with Crippen molar-refractivity contribution in [2.24, 2.45) is 0 Å². The molecule has 0 aliphatic rings. The molecule has 1 aromatic heterocycles. The zero-order chi connectivity index (χ0) is 13.8. The van der Waals surface area contributed by atoms with Crippen molar-refractivity contribution in [3.63, 3.8) is 0 Å². The van der Waals surface area contributed by atoms with Gasteiger partial charge in [-0.05, 0) is 18.2 Å². The van der Waals surface area contributed by atoms with E-state index < -0.39 is 11.8 Å². The van der Waals surface area contributed by atoms with E-state index in [1.165, 1.54) is 29.2 Å². The van der Waals surface area contributed by atoms with Gasteiger partial charge >= 0.3 is 5.97 Å². The van der Waals surface area contributed by atoms with Crippen molar-refractivity contribution in [2.75, 3.05) is 5.73 Å². The van der Waals surface area contributed by atoms with Gasteiger partial charge in [0.2, 0.25) is 5.95 Å². The number of carbonyl (C=O) groups excluding carboxylic acids is 1. The average molecular weight is 285 g/mol. The van der Waals surface area contributed by atoms with Gasteiger partial charge in [-0.2, -0.15) is 0 Å². The van der Waals surface area contributed by atoms with E-state index in [4.69, 9.17) is 22.1 Å². The summed E-state index contributed by atoms with van der Waals surface area (Å²) in [5.74, 6) is -1.000. The minimum atomic E-state index is -0.579. The van der Waals surface area contributed by atoms with Crippen LogP contribution in [0.3, 0.4) is 0 Å². The molecular weight excluding hydrogens is 275 g/mol. The lowest BCUT2D eigenvalue weighted by Gasteiger charge is -2.06. The lowest BCUT2D eigenvalue weighted by Crippen LogP contribution is -2.14. The number of esters is 1. The number of aromatic nitrogens is 3. The first-order valence-corrected chi connectivity index (χ1v) is 5.67. The van der Waals surface area contributed by atoms with E-state index in [-0.39, 0.29) is 24.7 Å².